The summed E-state index contributed by atoms with van der Waals surface area (Å²) in [6.07, 6.45) is 0. The number of hydrogen-bond acceptors (Lipinski definition) is 4. The molecule has 0 fully saturated rings. The van der Waals surface area contributed by atoms with Gasteiger partial charge in [0.2, 0.25) is 5.96 Å². The fraction of sp³-hybridized carbons (Fsp3) is 0.333. The molecule has 0 saturated heterocycles. The Kier molecular flexibility index (Phi) is 4.15. The molecule has 0 aromatic carbocycles. The lowest BCUT2D eigenvalue weighted by molar-refractivity contribution is -0.140. The van der Waals surface area contributed by atoms with Crippen LogP contribution in [0.25, 0.3) is 0 Å². The molecule has 0 aliphatic carbocycles. The van der Waals surface area contributed by atoms with Crippen molar-refractivity contribution < 1.29 is 18.4 Å². The maximum absolute atomic E-state index is 10.4. The van der Waals surface area contributed by atoms with Crippen LogP contribution in [0.15, 0.2) is 5.16 Å². The first-order chi connectivity index (χ1) is 5.02. The summed E-state index contributed by atoms with van der Waals surface area (Å²) in [4.78, 5) is 14.3. The van der Waals surface area contributed by atoms with Gasteiger partial charge in [0, 0.05) is 0 Å². The van der Waals surface area contributed by atoms with E-state index in [1.165, 1.54) is 0 Å². The number of nitrogens with zero attached hydrogens (tertiary/aromatic N) is 1. The van der Waals surface area contributed by atoms with E-state index in [0.29, 0.717) is 0 Å². The molecule has 0 aliphatic heterocycles. The second kappa shape index (κ2) is 4.63. The van der Waals surface area contributed by atoms with Gasteiger partial charge in [-0.05, 0) is 5.16 Å². The molecule has 64 valence electrons. The van der Waals surface area contributed by atoms with Gasteiger partial charge in [-0.2, -0.15) is 0 Å². The summed E-state index contributed by atoms with van der Waals surface area (Å²) in [6.45, 7) is 0. The van der Waals surface area contributed by atoms with Gasteiger partial charge in [0.05, 0.1) is 0 Å². The molecule has 11 heavy (non-hydrogen) atoms. The Morgan fingerprint density at radius 2 is 2.18 bits per heavy atom. The van der Waals surface area contributed by atoms with E-state index in [2.05, 4.69) is 9.99 Å². The largest absolute Gasteiger partial charge is 0.367 e. The van der Waals surface area contributed by atoms with Gasteiger partial charge in [-0.1, -0.05) is 0 Å². The summed E-state index contributed by atoms with van der Waals surface area (Å²) in [7, 11) is 0. The Balaban J connectivity index is 3.71. The number of rotatable bonds is 3. The van der Waals surface area contributed by atoms with Gasteiger partial charge in [-0.25, -0.2) is 9.00 Å². The highest BCUT2D eigenvalue weighted by Crippen LogP contribution is 1.81. The van der Waals surface area contributed by atoms with Crippen molar-refractivity contribution in [2.45, 2.75) is 0 Å². The molecular formula is C3H7N3O4S. The summed E-state index contributed by atoms with van der Waals surface area (Å²) in [5.74, 6) is -2.06. The molecule has 0 aromatic rings. The number of nitrogens with two attached hydrogens (primary N) is 2. The Hall–Kier alpha value is -1.15. The van der Waals surface area contributed by atoms with E-state index >= 15 is 0 Å². The third kappa shape index (κ3) is 6.74. The zero-order valence-electron chi connectivity index (χ0n) is 5.39. The maximum atomic E-state index is 10.4. The van der Waals surface area contributed by atoms with Gasteiger partial charge in [-0.15, -0.1) is 0 Å². The molecule has 8 heteroatoms. The van der Waals surface area contributed by atoms with Crippen LogP contribution in [0, 0.1) is 0 Å². The van der Waals surface area contributed by atoms with Crippen LogP contribution in [0.4, 0.5) is 0 Å². The van der Waals surface area contributed by atoms with Crippen LogP contribution in [-0.2, 0) is 20.7 Å². The lowest BCUT2D eigenvalue weighted by atomic mass is 10.8. The second-order valence-electron chi connectivity index (χ2n) is 1.45. The second-order valence-corrected chi connectivity index (χ2v) is 2.38. The molecule has 0 bridgehead atoms. The first-order valence-corrected chi connectivity index (χ1v) is 3.66. The Morgan fingerprint density at radius 1 is 1.64 bits per heavy atom. The Bertz CT molecular complexity index is 199. The molecule has 0 rings (SSSR count). The van der Waals surface area contributed by atoms with E-state index in [-0.39, 0.29) is 0 Å². The summed E-state index contributed by atoms with van der Waals surface area (Å²) < 4.78 is 18.1. The zero-order chi connectivity index (χ0) is 8.85. The van der Waals surface area contributed by atoms with Crippen molar-refractivity contribution in [1.82, 2.24) is 0 Å². The van der Waals surface area contributed by atoms with E-state index in [1.807, 2.05) is 0 Å². The van der Waals surface area contributed by atoms with Crippen LogP contribution in [0.1, 0.15) is 0 Å². The fourth-order valence-electron chi connectivity index (χ4n) is 0.231. The molecule has 1 atom stereocenters. The third-order valence-electron chi connectivity index (χ3n) is 0.494. The SMILES string of the molecule is NC(N)=NOC(=O)CS(=O)O. The average Bonchev–Trinajstić information content (AvgIpc) is 1.82. The van der Waals surface area contributed by atoms with Crippen molar-refractivity contribution in [2.75, 3.05) is 5.75 Å². The van der Waals surface area contributed by atoms with Gasteiger partial charge in [0.15, 0.2) is 11.1 Å². The highest BCUT2D eigenvalue weighted by molar-refractivity contribution is 7.80. The summed E-state index contributed by atoms with van der Waals surface area (Å²) >= 11 is -2.24. The van der Waals surface area contributed by atoms with Crippen LogP contribution >= 0.6 is 0 Å². The molecule has 7 nitrogen and oxygen atoms in total. The number of carbonyl (C=O) groups excluding carboxylic acids is 1. The summed E-state index contributed by atoms with van der Waals surface area (Å²) in [5.41, 5.74) is 9.57. The minimum absolute atomic E-state index is 0.429. The van der Waals surface area contributed by atoms with Crippen LogP contribution in [0.5, 0.6) is 0 Å². The molecule has 0 spiro atoms. The first-order valence-electron chi connectivity index (χ1n) is 2.38. The van der Waals surface area contributed by atoms with E-state index in [4.69, 9.17) is 16.0 Å². The normalized spacial score (nSPS) is 11.7. The molecule has 0 amide bonds. The summed E-state index contributed by atoms with van der Waals surface area (Å²) in [6, 6.07) is 0. The van der Waals surface area contributed by atoms with Gasteiger partial charge in [0.25, 0.3) is 0 Å². The highest BCUT2D eigenvalue weighted by Gasteiger charge is 2.06. The van der Waals surface area contributed by atoms with Gasteiger partial charge in [-0.3, -0.25) is 0 Å². The fourth-order valence-corrected chi connectivity index (χ4v) is 0.485. The highest BCUT2D eigenvalue weighted by atomic mass is 32.2. The van der Waals surface area contributed by atoms with Crippen LogP contribution in [-0.4, -0.2) is 26.4 Å². The van der Waals surface area contributed by atoms with Gasteiger partial charge < -0.3 is 20.9 Å². The van der Waals surface area contributed by atoms with E-state index in [0.717, 1.165) is 0 Å². The van der Waals surface area contributed by atoms with Crippen LogP contribution in [0.3, 0.4) is 0 Å². The van der Waals surface area contributed by atoms with Crippen molar-refractivity contribution in [3.63, 3.8) is 0 Å². The summed E-state index contributed by atoms with van der Waals surface area (Å²) in [5, 5.41) is 2.85. The monoisotopic (exact) mass is 181 g/mol. The lowest BCUT2D eigenvalue weighted by Crippen LogP contribution is -2.24. The molecule has 1 unspecified atom stereocenters. The van der Waals surface area contributed by atoms with Crippen LogP contribution < -0.4 is 11.5 Å². The Morgan fingerprint density at radius 3 is 2.55 bits per heavy atom. The quantitative estimate of drug-likeness (QED) is 0.151. The lowest BCUT2D eigenvalue weighted by Gasteiger charge is -1.93. The van der Waals surface area contributed by atoms with E-state index in [9.17, 15) is 9.00 Å². The standard InChI is InChI=1S/C3H7N3O4S/c4-3(5)6-10-2(7)1-11(8)9/h1H2,(H,8,9)(H4,4,5,6). The van der Waals surface area contributed by atoms with E-state index in [1.54, 1.807) is 0 Å². The minimum atomic E-state index is -2.24. The van der Waals surface area contributed by atoms with Crippen LogP contribution in [0.2, 0.25) is 0 Å². The van der Waals surface area contributed by atoms with Crippen molar-refractivity contribution in [3.05, 3.63) is 0 Å². The topological polar surface area (TPSA) is 128 Å². The van der Waals surface area contributed by atoms with Crippen molar-refractivity contribution in [1.29, 1.82) is 0 Å². The molecular weight excluding hydrogens is 174 g/mol. The molecule has 0 saturated carbocycles. The smallest absolute Gasteiger partial charge is 0.350 e. The van der Waals surface area contributed by atoms with Gasteiger partial charge >= 0.3 is 5.97 Å². The van der Waals surface area contributed by atoms with Gasteiger partial charge in [0.1, 0.15) is 5.75 Å². The number of hydrogen-bond donors (Lipinski definition) is 3. The predicted octanol–water partition coefficient (Wildman–Crippen LogP) is -2.06. The number of oxime groups is 1. The minimum Gasteiger partial charge on any atom is -0.367 e. The Labute approximate surface area is 64.7 Å². The number of guanidine groups is 1. The maximum Gasteiger partial charge on any atom is 0.350 e. The molecule has 5 N–H and O–H groups in total. The molecule has 0 radical (unpaired) electrons. The zero-order valence-corrected chi connectivity index (χ0v) is 6.21. The van der Waals surface area contributed by atoms with Crippen molar-refractivity contribution in [2.24, 2.45) is 16.6 Å². The number of carbonyl (C=O) groups is 1. The molecule has 0 aliphatic rings. The van der Waals surface area contributed by atoms with Crippen molar-refractivity contribution >= 4 is 23.0 Å². The molecule has 0 heterocycles. The van der Waals surface area contributed by atoms with Crippen molar-refractivity contribution in [3.8, 4) is 0 Å². The average molecular weight is 181 g/mol. The third-order valence-corrected chi connectivity index (χ3v) is 0.977. The predicted molar refractivity (Wildman–Crippen MR) is 37.5 cm³/mol. The first kappa shape index (κ1) is 9.85. The molecule has 0 aromatic heterocycles. The van der Waals surface area contributed by atoms with E-state index < -0.39 is 28.8 Å².